The van der Waals surface area contributed by atoms with Gasteiger partial charge < -0.3 is 21.4 Å². The van der Waals surface area contributed by atoms with Crippen LogP contribution in [0.2, 0.25) is 0 Å². The van der Waals surface area contributed by atoms with Crippen molar-refractivity contribution >= 4 is 63.5 Å². The van der Waals surface area contributed by atoms with E-state index in [0.29, 0.717) is 22.1 Å². The van der Waals surface area contributed by atoms with Gasteiger partial charge in [0.15, 0.2) is 10.8 Å². The number of nitrogens with one attached hydrogen (secondary N) is 1. The van der Waals surface area contributed by atoms with Crippen LogP contribution in [0.4, 0.5) is 5.13 Å². The maximum absolute atomic E-state index is 12.8. The number of thioether (sulfide) groups is 2. The second-order valence-corrected chi connectivity index (χ2v) is 9.51. The summed E-state index contributed by atoms with van der Waals surface area (Å²) in [6, 6.07) is -0.971. The molecular weight excluding hydrogens is 478 g/mol. The Morgan fingerprint density at radius 3 is 2.84 bits per heavy atom. The predicted octanol–water partition coefficient (Wildman–Crippen LogP) is 0.323. The van der Waals surface area contributed by atoms with Gasteiger partial charge in [-0.2, -0.15) is 0 Å². The number of amides is 2. The molecule has 0 spiro atoms. The van der Waals surface area contributed by atoms with E-state index < -0.39 is 29.2 Å². The van der Waals surface area contributed by atoms with Gasteiger partial charge in [-0.3, -0.25) is 24.5 Å². The van der Waals surface area contributed by atoms with Gasteiger partial charge in [0, 0.05) is 40.4 Å². The molecule has 0 radical (unpaired) electrons. The molecule has 2 aromatic rings. The highest BCUT2D eigenvalue weighted by Crippen LogP contribution is 2.43. The lowest BCUT2D eigenvalue weighted by Gasteiger charge is -2.49. The maximum atomic E-state index is 12.8. The average Bonchev–Trinajstić information content (AvgIpc) is 3.22. The van der Waals surface area contributed by atoms with Gasteiger partial charge in [-0.1, -0.05) is 5.16 Å². The number of oxime groups is 1. The van der Waals surface area contributed by atoms with Crippen LogP contribution in [0, 0.1) is 0 Å². The number of thiazole rings is 1. The van der Waals surface area contributed by atoms with E-state index in [4.69, 9.17) is 5.73 Å². The summed E-state index contributed by atoms with van der Waals surface area (Å²) in [5.74, 6) is -1.87. The molecule has 1 fully saturated rings. The van der Waals surface area contributed by atoms with Gasteiger partial charge in [0.2, 0.25) is 0 Å². The summed E-state index contributed by atoms with van der Waals surface area (Å²) in [5.41, 5.74) is 5.79. The zero-order valence-electron chi connectivity index (χ0n) is 16.0. The number of β-lactam (4-membered cyclic amide) rings is 1. The Balaban J connectivity index is 1.48. The Bertz CT molecular complexity index is 1140. The van der Waals surface area contributed by atoms with Crippen LogP contribution in [0.15, 0.2) is 39.7 Å². The van der Waals surface area contributed by atoms with Crippen molar-refractivity contribution in [2.75, 3.05) is 11.5 Å². The second kappa shape index (κ2) is 9.13. The zero-order valence-corrected chi connectivity index (χ0v) is 18.5. The van der Waals surface area contributed by atoms with Gasteiger partial charge in [-0.15, -0.1) is 34.9 Å². The number of hydrogen-bond acceptors (Lipinski definition) is 12. The monoisotopic (exact) mass is 493 g/mol. The molecule has 5 N–H and O–H groups in total. The third kappa shape index (κ3) is 4.13. The molecule has 1 saturated heterocycles. The van der Waals surface area contributed by atoms with E-state index in [9.17, 15) is 24.7 Å². The first-order chi connectivity index (χ1) is 15.4. The Hall–Kier alpha value is -3.17. The summed E-state index contributed by atoms with van der Waals surface area (Å²) in [4.78, 5) is 50.9. The van der Waals surface area contributed by atoms with E-state index in [1.54, 1.807) is 18.6 Å². The lowest BCUT2D eigenvalue weighted by Crippen LogP contribution is -2.71. The number of nitrogens with two attached hydrogens (primary N) is 1. The first kappa shape index (κ1) is 22.0. The summed E-state index contributed by atoms with van der Waals surface area (Å²) in [7, 11) is 0. The lowest BCUT2D eigenvalue weighted by molar-refractivity contribution is -0.150. The van der Waals surface area contributed by atoms with Gasteiger partial charge in [-0.25, -0.2) is 9.78 Å². The average molecular weight is 494 g/mol. The minimum Gasteiger partial charge on any atom is -0.477 e. The second-order valence-electron chi connectivity index (χ2n) is 6.44. The molecule has 0 bridgehead atoms. The molecule has 2 aromatic heterocycles. The van der Waals surface area contributed by atoms with Crippen LogP contribution in [0.5, 0.6) is 0 Å². The quantitative estimate of drug-likeness (QED) is 0.180. The third-order valence-electron chi connectivity index (χ3n) is 4.51. The number of rotatable bonds is 7. The highest BCUT2D eigenvalue weighted by Gasteiger charge is 2.54. The zero-order chi connectivity index (χ0) is 22.8. The van der Waals surface area contributed by atoms with E-state index >= 15 is 0 Å². The van der Waals surface area contributed by atoms with Crippen molar-refractivity contribution in [1.82, 2.24) is 25.2 Å². The van der Waals surface area contributed by atoms with E-state index in [1.807, 2.05) is 0 Å². The first-order valence-electron chi connectivity index (χ1n) is 8.93. The van der Waals surface area contributed by atoms with Crippen LogP contribution < -0.4 is 11.1 Å². The normalized spacial score (nSPS) is 20.6. The number of nitrogens with zero attached hydrogens (tertiary/aromatic N) is 5. The highest BCUT2D eigenvalue weighted by atomic mass is 32.2. The summed E-state index contributed by atoms with van der Waals surface area (Å²) in [6.07, 6.45) is 4.67. The number of carboxylic acid groups (broad SMARTS) is 1. The van der Waals surface area contributed by atoms with Crippen molar-refractivity contribution in [1.29, 1.82) is 0 Å². The lowest BCUT2D eigenvalue weighted by atomic mass is 10.0. The number of anilines is 1. The Morgan fingerprint density at radius 2 is 2.22 bits per heavy atom. The highest BCUT2D eigenvalue weighted by molar-refractivity contribution is 8.05. The molecule has 15 heteroatoms. The molecular formula is C17H15N7O5S3. The standard InChI is InChI=1S/C17H15N7O5S3/c18-17-21-8(5-32-17)10(23-29)13(25)22-11-14(26)24-12(16(27)28)9(6-31-15(11)24)30-4-7-3-19-1-2-20-7/h1-3,5,11,15,29H,4,6H2,(H2,18,21)(H,22,25)(H,27,28)/b23-10-/t11-,15+/m1/s1. The molecule has 0 saturated carbocycles. The van der Waals surface area contributed by atoms with Crippen LogP contribution in [0.1, 0.15) is 11.4 Å². The van der Waals surface area contributed by atoms with Crippen LogP contribution in [0.3, 0.4) is 0 Å². The number of carbonyl (C=O) groups excluding carboxylic acids is 2. The van der Waals surface area contributed by atoms with E-state index in [-0.39, 0.29) is 22.2 Å². The molecule has 0 aliphatic carbocycles. The number of nitrogen functional groups attached to an aromatic ring is 1. The SMILES string of the molecule is Nc1nc(/C(=N/O)C(=O)N[C@@H]2C(=O)N3C(C(=O)O)=C(SCc4cnccn4)CS[C@@H]23)cs1. The van der Waals surface area contributed by atoms with Gasteiger partial charge in [0.25, 0.3) is 11.8 Å². The number of hydrogen-bond donors (Lipinski definition) is 4. The number of fused-ring (bicyclic) bond motifs is 1. The van der Waals surface area contributed by atoms with Gasteiger partial charge in [0.05, 0.1) is 5.69 Å². The number of carbonyl (C=O) groups is 3. The summed E-state index contributed by atoms with van der Waals surface area (Å²) in [5, 5.41) is 25.4. The molecule has 12 nitrogen and oxygen atoms in total. The molecule has 0 unspecified atom stereocenters. The fraction of sp³-hybridized carbons (Fsp3) is 0.235. The van der Waals surface area contributed by atoms with Crippen molar-refractivity contribution in [3.05, 3.63) is 46.0 Å². The van der Waals surface area contributed by atoms with Gasteiger partial charge >= 0.3 is 5.97 Å². The fourth-order valence-corrected chi connectivity index (χ4v) is 6.16. The van der Waals surface area contributed by atoms with E-state index in [2.05, 4.69) is 25.4 Å². The van der Waals surface area contributed by atoms with Gasteiger partial charge in [0.1, 0.15) is 22.8 Å². The minimum absolute atomic E-state index is 0.0706. The van der Waals surface area contributed by atoms with E-state index in [1.165, 1.54) is 28.9 Å². The predicted molar refractivity (Wildman–Crippen MR) is 118 cm³/mol. The Labute approximate surface area is 193 Å². The molecule has 2 amide bonds. The van der Waals surface area contributed by atoms with Crippen molar-refractivity contribution in [3.8, 4) is 0 Å². The van der Waals surface area contributed by atoms with Crippen LogP contribution in [0.25, 0.3) is 0 Å². The largest absolute Gasteiger partial charge is 0.477 e. The van der Waals surface area contributed by atoms with Crippen LogP contribution in [-0.4, -0.2) is 70.8 Å². The number of carboxylic acids is 1. The topological polar surface area (TPSA) is 184 Å². The smallest absolute Gasteiger partial charge is 0.353 e. The molecule has 0 aromatic carbocycles. The van der Waals surface area contributed by atoms with Crippen LogP contribution in [-0.2, 0) is 20.1 Å². The fourth-order valence-electron chi connectivity index (χ4n) is 3.09. The number of aromatic nitrogens is 3. The Morgan fingerprint density at radius 1 is 1.41 bits per heavy atom. The minimum atomic E-state index is -1.23. The van der Waals surface area contributed by atoms with Crippen molar-refractivity contribution < 1.29 is 24.7 Å². The Kier molecular flexibility index (Phi) is 6.29. The molecule has 32 heavy (non-hydrogen) atoms. The summed E-state index contributed by atoms with van der Waals surface area (Å²) >= 11 is 3.66. The molecule has 2 atom stereocenters. The molecule has 2 aliphatic heterocycles. The summed E-state index contributed by atoms with van der Waals surface area (Å²) in [6.45, 7) is 0. The first-order valence-corrected chi connectivity index (χ1v) is 11.8. The van der Waals surface area contributed by atoms with Crippen molar-refractivity contribution in [3.63, 3.8) is 0 Å². The molecule has 2 aliphatic rings. The third-order valence-corrected chi connectivity index (χ3v) is 7.78. The molecule has 166 valence electrons. The van der Waals surface area contributed by atoms with Crippen molar-refractivity contribution in [2.45, 2.75) is 17.2 Å². The van der Waals surface area contributed by atoms with Gasteiger partial charge in [-0.05, 0) is 0 Å². The van der Waals surface area contributed by atoms with E-state index in [0.717, 1.165) is 16.2 Å². The molecule has 4 heterocycles. The van der Waals surface area contributed by atoms with Crippen molar-refractivity contribution in [2.24, 2.45) is 5.16 Å². The molecule has 4 rings (SSSR count). The van der Waals surface area contributed by atoms with Crippen LogP contribution >= 0.6 is 34.9 Å². The number of aliphatic carboxylic acids is 1. The maximum Gasteiger partial charge on any atom is 0.353 e. The summed E-state index contributed by atoms with van der Waals surface area (Å²) < 4.78 is 0.